The van der Waals surface area contributed by atoms with E-state index in [1.54, 1.807) is 6.26 Å². The highest BCUT2D eigenvalue weighted by Gasteiger charge is 2.13. The normalized spacial score (nSPS) is 12.6. The lowest BCUT2D eigenvalue weighted by Gasteiger charge is -2.15. The Balaban J connectivity index is 2.22. The highest BCUT2D eigenvalue weighted by Crippen LogP contribution is 2.23. The zero-order valence-electron chi connectivity index (χ0n) is 9.41. The first kappa shape index (κ1) is 12.3. The van der Waals surface area contributed by atoms with Gasteiger partial charge >= 0.3 is 0 Å². The number of hydrogen-bond acceptors (Lipinski definition) is 2. The molecule has 1 heterocycles. The Hall–Kier alpha value is -1.13. The van der Waals surface area contributed by atoms with E-state index in [4.69, 9.17) is 4.42 Å². The summed E-state index contributed by atoms with van der Waals surface area (Å²) in [5, 5.41) is 3.16. The van der Waals surface area contributed by atoms with E-state index in [-0.39, 0.29) is 11.9 Å². The fraction of sp³-hybridized carbons (Fsp3) is 0.231. The molecule has 1 unspecified atom stereocenters. The number of likely N-dealkylation sites (N-methyl/N-ethyl adjacent to an activating group) is 1. The van der Waals surface area contributed by atoms with Gasteiger partial charge in [0.1, 0.15) is 11.6 Å². The number of furan rings is 1. The number of benzene rings is 1. The number of rotatable bonds is 4. The number of halogens is 2. The molecule has 2 nitrogen and oxygen atoms in total. The second-order valence-electron chi connectivity index (χ2n) is 3.83. The Bertz CT molecular complexity index is 464. The summed E-state index contributed by atoms with van der Waals surface area (Å²) in [6.45, 7) is 0. The van der Waals surface area contributed by atoms with Gasteiger partial charge in [-0.2, -0.15) is 0 Å². The first-order valence-electron chi connectivity index (χ1n) is 5.34. The minimum Gasteiger partial charge on any atom is -0.469 e. The molecule has 2 rings (SSSR count). The highest BCUT2D eigenvalue weighted by molar-refractivity contribution is 9.10. The van der Waals surface area contributed by atoms with Gasteiger partial charge in [-0.05, 0) is 42.9 Å². The van der Waals surface area contributed by atoms with Crippen molar-refractivity contribution in [2.24, 2.45) is 0 Å². The van der Waals surface area contributed by atoms with Crippen molar-refractivity contribution in [2.45, 2.75) is 12.5 Å². The maximum atomic E-state index is 13.3. The Morgan fingerprint density at radius 3 is 2.82 bits per heavy atom. The van der Waals surface area contributed by atoms with Crippen LogP contribution in [0.4, 0.5) is 4.39 Å². The molecule has 0 radical (unpaired) electrons. The van der Waals surface area contributed by atoms with Crippen LogP contribution < -0.4 is 5.32 Å². The Labute approximate surface area is 108 Å². The van der Waals surface area contributed by atoms with Gasteiger partial charge in [0.15, 0.2) is 0 Å². The fourth-order valence-corrected chi connectivity index (χ4v) is 2.28. The minimum absolute atomic E-state index is 0.0353. The van der Waals surface area contributed by atoms with Gasteiger partial charge in [-0.3, -0.25) is 0 Å². The van der Waals surface area contributed by atoms with Crippen molar-refractivity contribution in [3.05, 3.63) is 58.2 Å². The van der Waals surface area contributed by atoms with Crippen molar-refractivity contribution in [2.75, 3.05) is 7.05 Å². The molecular formula is C13H13BrFNO. The predicted molar refractivity (Wildman–Crippen MR) is 68.3 cm³/mol. The maximum Gasteiger partial charge on any atom is 0.124 e. The Kier molecular flexibility index (Phi) is 3.97. The van der Waals surface area contributed by atoms with Crippen LogP contribution in [-0.2, 0) is 6.42 Å². The topological polar surface area (TPSA) is 25.2 Å². The molecule has 2 aromatic rings. The SMILES string of the molecule is CNC(Cc1ccco1)c1cc(F)cc(Br)c1. The van der Waals surface area contributed by atoms with Crippen LogP contribution in [0.2, 0.25) is 0 Å². The van der Waals surface area contributed by atoms with Crippen molar-refractivity contribution in [3.63, 3.8) is 0 Å². The first-order chi connectivity index (χ1) is 8.19. The number of hydrogen-bond donors (Lipinski definition) is 1. The van der Waals surface area contributed by atoms with E-state index in [0.717, 1.165) is 15.8 Å². The summed E-state index contributed by atoms with van der Waals surface area (Å²) in [5.41, 5.74) is 0.899. The fourth-order valence-electron chi connectivity index (χ4n) is 1.79. The van der Waals surface area contributed by atoms with Crippen LogP contribution in [0.3, 0.4) is 0 Å². The largest absolute Gasteiger partial charge is 0.469 e. The maximum absolute atomic E-state index is 13.3. The molecule has 0 aliphatic heterocycles. The summed E-state index contributed by atoms with van der Waals surface area (Å²) in [5.74, 6) is 0.638. The third-order valence-electron chi connectivity index (χ3n) is 2.62. The average Bonchev–Trinajstić information content (AvgIpc) is 2.77. The zero-order chi connectivity index (χ0) is 12.3. The molecule has 0 saturated carbocycles. The summed E-state index contributed by atoms with van der Waals surface area (Å²) < 4.78 is 19.4. The van der Waals surface area contributed by atoms with Crippen molar-refractivity contribution in [3.8, 4) is 0 Å². The van der Waals surface area contributed by atoms with Crippen LogP contribution in [-0.4, -0.2) is 7.05 Å². The molecular weight excluding hydrogens is 285 g/mol. The van der Waals surface area contributed by atoms with E-state index < -0.39 is 0 Å². The van der Waals surface area contributed by atoms with E-state index in [2.05, 4.69) is 21.2 Å². The highest BCUT2D eigenvalue weighted by atomic mass is 79.9. The van der Waals surface area contributed by atoms with E-state index in [0.29, 0.717) is 6.42 Å². The molecule has 1 N–H and O–H groups in total. The van der Waals surface area contributed by atoms with Gasteiger partial charge in [0.2, 0.25) is 0 Å². The second kappa shape index (κ2) is 5.47. The summed E-state index contributed by atoms with van der Waals surface area (Å²) in [4.78, 5) is 0. The number of nitrogens with one attached hydrogen (secondary N) is 1. The monoisotopic (exact) mass is 297 g/mol. The van der Waals surface area contributed by atoms with E-state index in [9.17, 15) is 4.39 Å². The third kappa shape index (κ3) is 3.17. The molecule has 90 valence electrons. The molecule has 1 aromatic heterocycles. The molecule has 0 saturated heterocycles. The van der Waals surface area contributed by atoms with E-state index in [1.165, 1.54) is 12.1 Å². The Morgan fingerprint density at radius 1 is 1.41 bits per heavy atom. The molecule has 1 atom stereocenters. The summed E-state index contributed by atoms with van der Waals surface area (Å²) in [6.07, 6.45) is 2.34. The molecule has 4 heteroatoms. The van der Waals surface area contributed by atoms with Gasteiger partial charge in [0.05, 0.1) is 6.26 Å². The molecule has 0 aliphatic rings. The van der Waals surface area contributed by atoms with Gasteiger partial charge in [-0.15, -0.1) is 0 Å². The lowest BCUT2D eigenvalue weighted by Crippen LogP contribution is -2.18. The average molecular weight is 298 g/mol. The van der Waals surface area contributed by atoms with Crippen LogP contribution in [0.25, 0.3) is 0 Å². The summed E-state index contributed by atoms with van der Waals surface area (Å²) in [7, 11) is 1.85. The van der Waals surface area contributed by atoms with Crippen molar-refractivity contribution in [1.82, 2.24) is 5.32 Å². The van der Waals surface area contributed by atoms with Crippen LogP contribution in [0, 0.1) is 5.82 Å². The predicted octanol–water partition coefficient (Wildman–Crippen LogP) is 3.68. The van der Waals surface area contributed by atoms with Gasteiger partial charge in [0, 0.05) is 16.9 Å². The Morgan fingerprint density at radius 2 is 2.24 bits per heavy atom. The molecule has 17 heavy (non-hydrogen) atoms. The molecule has 0 fully saturated rings. The van der Waals surface area contributed by atoms with Crippen LogP contribution in [0.1, 0.15) is 17.4 Å². The van der Waals surface area contributed by atoms with Gasteiger partial charge in [-0.1, -0.05) is 15.9 Å². The van der Waals surface area contributed by atoms with Crippen molar-refractivity contribution in [1.29, 1.82) is 0 Å². The lowest BCUT2D eigenvalue weighted by molar-refractivity contribution is 0.464. The van der Waals surface area contributed by atoms with Crippen LogP contribution >= 0.6 is 15.9 Å². The quantitative estimate of drug-likeness (QED) is 0.931. The van der Waals surface area contributed by atoms with Gasteiger partial charge in [-0.25, -0.2) is 4.39 Å². The van der Waals surface area contributed by atoms with E-state index in [1.807, 2.05) is 25.2 Å². The van der Waals surface area contributed by atoms with Crippen molar-refractivity contribution >= 4 is 15.9 Å². The smallest absolute Gasteiger partial charge is 0.124 e. The molecule has 0 amide bonds. The molecule has 0 bridgehead atoms. The van der Waals surface area contributed by atoms with Crippen LogP contribution in [0.15, 0.2) is 45.5 Å². The summed E-state index contributed by atoms with van der Waals surface area (Å²) in [6, 6.07) is 8.70. The van der Waals surface area contributed by atoms with E-state index >= 15 is 0 Å². The summed E-state index contributed by atoms with van der Waals surface area (Å²) >= 11 is 3.30. The minimum atomic E-state index is -0.242. The van der Waals surface area contributed by atoms with Crippen LogP contribution in [0.5, 0.6) is 0 Å². The molecule has 0 aliphatic carbocycles. The third-order valence-corrected chi connectivity index (χ3v) is 3.08. The zero-order valence-corrected chi connectivity index (χ0v) is 11.0. The van der Waals surface area contributed by atoms with Gasteiger partial charge < -0.3 is 9.73 Å². The molecule has 0 spiro atoms. The first-order valence-corrected chi connectivity index (χ1v) is 6.14. The molecule has 1 aromatic carbocycles. The second-order valence-corrected chi connectivity index (χ2v) is 4.74. The van der Waals surface area contributed by atoms with Crippen molar-refractivity contribution < 1.29 is 8.81 Å². The lowest BCUT2D eigenvalue weighted by atomic mass is 10.0. The standard InChI is InChI=1S/C13H13BrFNO/c1-16-13(8-12-3-2-4-17-12)9-5-10(14)7-11(15)6-9/h2-7,13,16H,8H2,1H3. The van der Waals surface area contributed by atoms with Gasteiger partial charge in [0.25, 0.3) is 0 Å².